The molecule has 0 spiro atoms. The highest BCUT2D eigenvalue weighted by atomic mass is 35.5. The van der Waals surface area contributed by atoms with Crippen molar-refractivity contribution in [3.8, 4) is 0 Å². The number of benzene rings is 2. The molecule has 1 N–H and O–H groups in total. The summed E-state index contributed by atoms with van der Waals surface area (Å²) >= 11 is 1.85. The SMILES string of the molecule is Cl.OC1(c2ccccc2)CCN(CCCc2csc3ccccc23)CC1. The van der Waals surface area contributed by atoms with Crippen molar-refractivity contribution in [3.63, 3.8) is 0 Å². The highest BCUT2D eigenvalue weighted by Gasteiger charge is 2.33. The van der Waals surface area contributed by atoms with Crippen LogP contribution in [0.3, 0.4) is 0 Å². The zero-order valence-electron chi connectivity index (χ0n) is 14.9. The van der Waals surface area contributed by atoms with Crippen molar-refractivity contribution >= 4 is 33.8 Å². The Morgan fingerprint density at radius 3 is 2.42 bits per heavy atom. The lowest BCUT2D eigenvalue weighted by atomic mass is 9.84. The Balaban J connectivity index is 0.00000196. The Kier molecular flexibility index (Phi) is 6.36. The van der Waals surface area contributed by atoms with Gasteiger partial charge in [-0.15, -0.1) is 23.7 Å². The third kappa shape index (κ3) is 4.12. The van der Waals surface area contributed by atoms with Crippen molar-refractivity contribution in [3.05, 3.63) is 71.1 Å². The summed E-state index contributed by atoms with van der Waals surface area (Å²) in [5.74, 6) is 0. The van der Waals surface area contributed by atoms with Crippen LogP contribution in [0.15, 0.2) is 60.0 Å². The molecule has 2 aromatic carbocycles. The standard InChI is InChI=1S/C22H25NOS.ClH/c24-22(19-8-2-1-3-9-19)12-15-23(16-13-22)14-6-7-18-17-25-21-11-5-4-10-20(18)21;/h1-5,8-11,17,24H,6-7,12-16H2;1H. The molecular formula is C22H26ClNOS. The summed E-state index contributed by atoms with van der Waals surface area (Å²) in [6, 6.07) is 18.8. The number of likely N-dealkylation sites (tertiary alicyclic amines) is 1. The molecule has 0 saturated carbocycles. The van der Waals surface area contributed by atoms with Gasteiger partial charge in [0.05, 0.1) is 5.60 Å². The first-order chi connectivity index (χ1) is 12.2. The molecule has 0 radical (unpaired) electrons. The van der Waals surface area contributed by atoms with Gasteiger partial charge in [0, 0.05) is 17.8 Å². The molecule has 1 saturated heterocycles. The van der Waals surface area contributed by atoms with E-state index in [4.69, 9.17) is 0 Å². The lowest BCUT2D eigenvalue weighted by Gasteiger charge is -2.38. The number of fused-ring (bicyclic) bond motifs is 1. The van der Waals surface area contributed by atoms with Crippen molar-refractivity contribution in [1.82, 2.24) is 4.90 Å². The maximum Gasteiger partial charge on any atom is 0.0920 e. The smallest absolute Gasteiger partial charge is 0.0920 e. The maximum atomic E-state index is 10.9. The van der Waals surface area contributed by atoms with E-state index in [2.05, 4.69) is 46.7 Å². The van der Waals surface area contributed by atoms with E-state index in [9.17, 15) is 5.11 Å². The monoisotopic (exact) mass is 387 g/mol. The predicted octanol–water partition coefficient (Wildman–Crippen LogP) is 5.24. The van der Waals surface area contributed by atoms with Gasteiger partial charge in [0.25, 0.3) is 0 Å². The first-order valence-electron chi connectivity index (χ1n) is 9.20. The van der Waals surface area contributed by atoms with Crippen LogP contribution in [0.4, 0.5) is 0 Å². The second-order valence-corrected chi connectivity index (χ2v) is 8.01. The van der Waals surface area contributed by atoms with E-state index in [1.807, 2.05) is 29.5 Å². The average Bonchev–Trinajstić information content (AvgIpc) is 3.08. The summed E-state index contributed by atoms with van der Waals surface area (Å²) in [6.07, 6.45) is 3.99. The molecule has 138 valence electrons. The minimum atomic E-state index is -0.638. The van der Waals surface area contributed by atoms with Gasteiger partial charge in [-0.1, -0.05) is 48.5 Å². The molecule has 4 heteroatoms. The van der Waals surface area contributed by atoms with Crippen molar-refractivity contribution in [2.24, 2.45) is 0 Å². The van der Waals surface area contributed by atoms with Gasteiger partial charge in [0.2, 0.25) is 0 Å². The van der Waals surface area contributed by atoms with Crippen LogP contribution in [0.5, 0.6) is 0 Å². The molecule has 0 amide bonds. The van der Waals surface area contributed by atoms with Crippen molar-refractivity contribution < 1.29 is 5.11 Å². The summed E-state index contributed by atoms with van der Waals surface area (Å²) in [7, 11) is 0. The van der Waals surface area contributed by atoms with Crippen LogP contribution in [0.2, 0.25) is 0 Å². The van der Waals surface area contributed by atoms with Crippen molar-refractivity contribution in [2.75, 3.05) is 19.6 Å². The molecule has 2 nitrogen and oxygen atoms in total. The van der Waals surface area contributed by atoms with Gasteiger partial charge in [-0.2, -0.15) is 0 Å². The zero-order chi connectivity index (χ0) is 17.1. The van der Waals surface area contributed by atoms with Gasteiger partial charge < -0.3 is 10.0 Å². The van der Waals surface area contributed by atoms with Gasteiger partial charge >= 0.3 is 0 Å². The minimum absolute atomic E-state index is 0. The maximum absolute atomic E-state index is 10.9. The van der Waals surface area contributed by atoms with Crippen LogP contribution in [-0.2, 0) is 12.0 Å². The number of hydrogen-bond donors (Lipinski definition) is 1. The van der Waals surface area contributed by atoms with E-state index < -0.39 is 5.60 Å². The van der Waals surface area contributed by atoms with Crippen LogP contribution >= 0.6 is 23.7 Å². The molecule has 0 unspecified atom stereocenters. The van der Waals surface area contributed by atoms with E-state index in [-0.39, 0.29) is 12.4 Å². The first kappa shape index (κ1) is 19.4. The Bertz CT molecular complexity index is 824. The van der Waals surface area contributed by atoms with Crippen molar-refractivity contribution in [2.45, 2.75) is 31.3 Å². The third-order valence-electron chi connectivity index (χ3n) is 5.48. The summed E-state index contributed by atoms with van der Waals surface area (Å²) in [5, 5.41) is 14.7. The molecule has 0 aliphatic carbocycles. The lowest BCUT2D eigenvalue weighted by molar-refractivity contribution is -0.0259. The van der Waals surface area contributed by atoms with Crippen molar-refractivity contribution in [1.29, 1.82) is 0 Å². The predicted molar refractivity (Wildman–Crippen MR) is 113 cm³/mol. The van der Waals surface area contributed by atoms with Gasteiger partial charge in [-0.25, -0.2) is 0 Å². The van der Waals surface area contributed by atoms with E-state index in [1.54, 1.807) is 0 Å². The fourth-order valence-electron chi connectivity index (χ4n) is 3.90. The average molecular weight is 388 g/mol. The molecule has 26 heavy (non-hydrogen) atoms. The number of piperidine rings is 1. The van der Waals surface area contributed by atoms with Crippen LogP contribution in [0.25, 0.3) is 10.1 Å². The normalized spacial score (nSPS) is 17.1. The number of aryl methyl sites for hydroxylation is 1. The topological polar surface area (TPSA) is 23.5 Å². The van der Waals surface area contributed by atoms with E-state index in [1.165, 1.54) is 22.1 Å². The molecule has 1 fully saturated rings. The molecule has 4 rings (SSSR count). The minimum Gasteiger partial charge on any atom is -0.385 e. The second kappa shape index (κ2) is 8.53. The Labute approximate surface area is 165 Å². The molecule has 2 heterocycles. The van der Waals surface area contributed by atoms with Gasteiger partial charge in [-0.05, 0) is 60.2 Å². The van der Waals surface area contributed by atoms with Crippen LogP contribution in [0.1, 0.15) is 30.4 Å². The largest absolute Gasteiger partial charge is 0.385 e. The Morgan fingerprint density at radius 1 is 0.962 bits per heavy atom. The molecule has 1 aromatic heterocycles. The molecule has 1 aliphatic rings. The molecule has 3 aromatic rings. The van der Waals surface area contributed by atoms with Gasteiger partial charge in [0.1, 0.15) is 0 Å². The zero-order valence-corrected chi connectivity index (χ0v) is 16.6. The number of rotatable bonds is 5. The van der Waals surface area contributed by atoms with E-state index in [0.29, 0.717) is 0 Å². The summed E-state index contributed by atoms with van der Waals surface area (Å²) < 4.78 is 1.39. The number of halogens is 1. The molecule has 0 bridgehead atoms. The lowest BCUT2D eigenvalue weighted by Crippen LogP contribution is -2.42. The summed E-state index contributed by atoms with van der Waals surface area (Å²) in [4.78, 5) is 2.51. The number of aliphatic hydroxyl groups is 1. The summed E-state index contributed by atoms with van der Waals surface area (Å²) in [6.45, 7) is 3.08. The number of hydrogen-bond acceptors (Lipinski definition) is 3. The molecule has 1 aliphatic heterocycles. The van der Waals surface area contributed by atoms with Gasteiger partial charge in [-0.3, -0.25) is 0 Å². The van der Waals surface area contributed by atoms with E-state index >= 15 is 0 Å². The molecule has 0 atom stereocenters. The van der Waals surface area contributed by atoms with Crippen LogP contribution in [-0.4, -0.2) is 29.6 Å². The Morgan fingerprint density at radius 2 is 1.65 bits per heavy atom. The van der Waals surface area contributed by atoms with E-state index in [0.717, 1.165) is 44.5 Å². The first-order valence-corrected chi connectivity index (χ1v) is 10.1. The number of thiophene rings is 1. The Hall–Kier alpha value is -1.39. The third-order valence-corrected chi connectivity index (χ3v) is 6.49. The fraction of sp³-hybridized carbons (Fsp3) is 0.364. The fourth-order valence-corrected chi connectivity index (χ4v) is 4.90. The number of nitrogens with zero attached hydrogens (tertiary/aromatic N) is 1. The van der Waals surface area contributed by atoms with Gasteiger partial charge in [0.15, 0.2) is 0 Å². The van der Waals surface area contributed by atoms with Crippen LogP contribution in [0, 0.1) is 0 Å². The second-order valence-electron chi connectivity index (χ2n) is 7.10. The quantitative estimate of drug-likeness (QED) is 0.647. The highest BCUT2D eigenvalue weighted by Crippen LogP contribution is 2.33. The highest BCUT2D eigenvalue weighted by molar-refractivity contribution is 7.17. The summed E-state index contributed by atoms with van der Waals surface area (Å²) in [5.41, 5.74) is 1.92. The van der Waals surface area contributed by atoms with Crippen LogP contribution < -0.4 is 0 Å². The molecular weight excluding hydrogens is 362 g/mol.